The van der Waals surface area contributed by atoms with Crippen molar-refractivity contribution in [1.29, 1.82) is 0 Å². The molecule has 4 nitrogen and oxygen atoms in total. The molecule has 1 saturated heterocycles. The normalized spacial score (nSPS) is 31.0. The van der Waals surface area contributed by atoms with Crippen LogP contribution in [0.1, 0.15) is 20.3 Å². The van der Waals surface area contributed by atoms with E-state index in [4.69, 9.17) is 0 Å². The summed E-state index contributed by atoms with van der Waals surface area (Å²) in [6.07, 6.45) is 1.85. The summed E-state index contributed by atoms with van der Waals surface area (Å²) in [4.78, 5) is 13.5. The SMILES string of the molecule is CC1(C)C(N=C=O)CCS1(=O)=O. The van der Waals surface area contributed by atoms with Gasteiger partial charge in [-0.15, -0.1) is 0 Å². The third-order valence-corrected chi connectivity index (χ3v) is 5.12. The lowest BCUT2D eigenvalue weighted by Gasteiger charge is -2.20. The Morgan fingerprint density at radius 1 is 1.50 bits per heavy atom. The monoisotopic (exact) mass is 189 g/mol. The summed E-state index contributed by atoms with van der Waals surface area (Å²) >= 11 is 0. The van der Waals surface area contributed by atoms with Crippen molar-refractivity contribution in [3.8, 4) is 0 Å². The molecule has 0 aromatic heterocycles. The van der Waals surface area contributed by atoms with E-state index in [9.17, 15) is 13.2 Å². The fourth-order valence-corrected chi connectivity index (χ4v) is 3.01. The second-order valence-corrected chi connectivity index (χ2v) is 6.14. The van der Waals surface area contributed by atoms with Gasteiger partial charge in [0.2, 0.25) is 6.08 Å². The van der Waals surface area contributed by atoms with Crippen LogP contribution in [0.4, 0.5) is 0 Å². The van der Waals surface area contributed by atoms with Crippen LogP contribution >= 0.6 is 0 Å². The molecular formula is C7H11NO3S. The molecule has 0 aromatic carbocycles. The number of hydrogen-bond donors (Lipinski definition) is 0. The van der Waals surface area contributed by atoms with Crippen molar-refractivity contribution in [3.05, 3.63) is 0 Å². The quantitative estimate of drug-likeness (QED) is 0.440. The largest absolute Gasteiger partial charge is 0.235 e. The van der Waals surface area contributed by atoms with Crippen molar-refractivity contribution in [2.45, 2.75) is 31.1 Å². The van der Waals surface area contributed by atoms with Gasteiger partial charge in [-0.2, -0.15) is 0 Å². The highest BCUT2D eigenvalue weighted by atomic mass is 32.2. The van der Waals surface area contributed by atoms with E-state index in [1.807, 2.05) is 0 Å². The molecule has 0 aliphatic carbocycles. The standard InChI is InChI=1S/C7H11NO3S/c1-7(2)6(8-5-9)3-4-12(7,10)11/h6H,3-4H2,1-2H3. The predicted octanol–water partition coefficient (Wildman–Crippen LogP) is 0.288. The van der Waals surface area contributed by atoms with Crippen LogP contribution in [0.15, 0.2) is 4.99 Å². The third-order valence-electron chi connectivity index (χ3n) is 2.47. The molecule has 0 bridgehead atoms. The van der Waals surface area contributed by atoms with E-state index >= 15 is 0 Å². The number of aliphatic imine (C=N–C) groups is 1. The van der Waals surface area contributed by atoms with Crippen LogP contribution in [0.25, 0.3) is 0 Å². The van der Waals surface area contributed by atoms with Crippen LogP contribution in [-0.4, -0.2) is 31.0 Å². The Kier molecular flexibility index (Phi) is 2.10. The molecule has 12 heavy (non-hydrogen) atoms. The van der Waals surface area contributed by atoms with Gasteiger partial charge in [0, 0.05) is 0 Å². The summed E-state index contributed by atoms with van der Waals surface area (Å²) < 4.78 is 21.9. The van der Waals surface area contributed by atoms with E-state index in [-0.39, 0.29) is 5.75 Å². The van der Waals surface area contributed by atoms with Gasteiger partial charge in [-0.3, -0.25) is 0 Å². The van der Waals surface area contributed by atoms with E-state index in [1.54, 1.807) is 13.8 Å². The minimum Gasteiger partial charge on any atom is -0.228 e. The topological polar surface area (TPSA) is 63.6 Å². The van der Waals surface area contributed by atoms with E-state index in [0.717, 1.165) is 0 Å². The van der Waals surface area contributed by atoms with Gasteiger partial charge >= 0.3 is 0 Å². The highest BCUT2D eigenvalue weighted by Gasteiger charge is 2.47. The molecule has 1 aliphatic rings. The number of rotatable bonds is 1. The summed E-state index contributed by atoms with van der Waals surface area (Å²) in [6, 6.07) is -0.417. The molecule has 1 atom stereocenters. The summed E-state index contributed by atoms with van der Waals surface area (Å²) in [7, 11) is -3.07. The zero-order valence-corrected chi connectivity index (χ0v) is 7.89. The average molecular weight is 189 g/mol. The van der Waals surface area contributed by atoms with E-state index in [1.165, 1.54) is 6.08 Å². The molecule has 0 amide bonds. The van der Waals surface area contributed by atoms with Crippen LogP contribution in [0.3, 0.4) is 0 Å². The zero-order valence-electron chi connectivity index (χ0n) is 7.07. The predicted molar refractivity (Wildman–Crippen MR) is 44.4 cm³/mol. The van der Waals surface area contributed by atoms with Crippen molar-refractivity contribution in [1.82, 2.24) is 0 Å². The van der Waals surface area contributed by atoms with Gasteiger partial charge in [0.05, 0.1) is 16.5 Å². The second kappa shape index (κ2) is 2.68. The number of nitrogens with zero attached hydrogens (tertiary/aromatic N) is 1. The van der Waals surface area contributed by atoms with Crippen LogP contribution in [-0.2, 0) is 14.6 Å². The maximum atomic E-state index is 11.4. The van der Waals surface area contributed by atoms with Crippen LogP contribution in [0.2, 0.25) is 0 Å². The first-order valence-electron chi connectivity index (χ1n) is 3.71. The molecule has 1 aliphatic heterocycles. The maximum absolute atomic E-state index is 11.4. The smallest absolute Gasteiger partial charge is 0.228 e. The highest BCUT2D eigenvalue weighted by Crippen LogP contribution is 2.33. The summed E-state index contributed by atoms with van der Waals surface area (Å²) in [6.45, 7) is 3.20. The Hall–Kier alpha value is -0.670. The molecule has 68 valence electrons. The third kappa shape index (κ3) is 1.19. The molecule has 0 N–H and O–H groups in total. The van der Waals surface area contributed by atoms with Gasteiger partial charge in [-0.05, 0) is 20.3 Å². The van der Waals surface area contributed by atoms with E-state index in [0.29, 0.717) is 6.42 Å². The molecule has 0 radical (unpaired) electrons. The van der Waals surface area contributed by atoms with Crippen LogP contribution in [0, 0.1) is 0 Å². The lowest BCUT2D eigenvalue weighted by atomic mass is 10.0. The van der Waals surface area contributed by atoms with Crippen LogP contribution in [0.5, 0.6) is 0 Å². The Balaban J connectivity index is 3.09. The van der Waals surface area contributed by atoms with Crippen molar-refractivity contribution >= 4 is 15.9 Å². The molecule has 1 rings (SSSR count). The van der Waals surface area contributed by atoms with Gasteiger partial charge in [0.1, 0.15) is 0 Å². The molecule has 0 spiro atoms. The minimum absolute atomic E-state index is 0.121. The second-order valence-electron chi connectivity index (χ2n) is 3.45. The van der Waals surface area contributed by atoms with Gasteiger partial charge in [0.15, 0.2) is 9.84 Å². The molecule has 1 fully saturated rings. The number of carbonyl (C=O) groups excluding carboxylic acids is 1. The van der Waals surface area contributed by atoms with Crippen molar-refractivity contribution < 1.29 is 13.2 Å². The average Bonchev–Trinajstić information content (AvgIpc) is 2.13. The van der Waals surface area contributed by atoms with Gasteiger partial charge in [-0.1, -0.05) is 0 Å². The molecule has 1 heterocycles. The Morgan fingerprint density at radius 2 is 2.08 bits per heavy atom. The van der Waals surface area contributed by atoms with E-state index < -0.39 is 20.6 Å². The molecular weight excluding hydrogens is 178 g/mol. The Morgan fingerprint density at radius 3 is 2.42 bits per heavy atom. The number of sulfone groups is 1. The first-order valence-corrected chi connectivity index (χ1v) is 5.36. The number of isocyanates is 1. The zero-order chi connectivity index (χ0) is 9.41. The first-order chi connectivity index (χ1) is 5.42. The maximum Gasteiger partial charge on any atom is 0.235 e. The van der Waals surface area contributed by atoms with Crippen molar-refractivity contribution in [2.75, 3.05) is 5.75 Å². The fourth-order valence-electron chi connectivity index (χ4n) is 1.37. The molecule has 0 aromatic rings. The summed E-state index contributed by atoms with van der Waals surface area (Å²) in [5.74, 6) is 0.121. The molecule has 0 saturated carbocycles. The van der Waals surface area contributed by atoms with Crippen LogP contribution < -0.4 is 0 Å². The van der Waals surface area contributed by atoms with Gasteiger partial charge < -0.3 is 0 Å². The molecule has 5 heteroatoms. The lowest BCUT2D eigenvalue weighted by Crippen LogP contribution is -2.35. The number of hydrogen-bond acceptors (Lipinski definition) is 4. The summed E-state index contributed by atoms with van der Waals surface area (Å²) in [5.41, 5.74) is 0. The fraction of sp³-hybridized carbons (Fsp3) is 0.857. The van der Waals surface area contributed by atoms with Crippen molar-refractivity contribution in [2.24, 2.45) is 4.99 Å². The summed E-state index contributed by atoms with van der Waals surface area (Å²) in [5, 5.41) is 0. The highest BCUT2D eigenvalue weighted by molar-refractivity contribution is 7.93. The van der Waals surface area contributed by atoms with Gasteiger partial charge in [-0.25, -0.2) is 18.2 Å². The first kappa shape index (κ1) is 9.42. The minimum atomic E-state index is -3.07. The Bertz CT molecular complexity index is 325. The molecule has 1 unspecified atom stereocenters. The van der Waals surface area contributed by atoms with Crippen molar-refractivity contribution in [3.63, 3.8) is 0 Å². The Labute approximate surface area is 71.6 Å². The van der Waals surface area contributed by atoms with Gasteiger partial charge in [0.25, 0.3) is 0 Å². The lowest BCUT2D eigenvalue weighted by molar-refractivity contribution is 0.506. The van der Waals surface area contributed by atoms with E-state index in [2.05, 4.69) is 4.99 Å².